The van der Waals surface area contributed by atoms with E-state index in [0.717, 1.165) is 39.3 Å². The number of likely N-dealkylation sites (N-methyl/N-ethyl adjacent to an activating group) is 4. The third kappa shape index (κ3) is 8.44. The maximum absolute atomic E-state index is 3.16. The molecule has 0 aliphatic carbocycles. The molecule has 0 aliphatic rings. The molecule has 0 spiro atoms. The Morgan fingerprint density at radius 2 is 1.07 bits per heavy atom. The van der Waals surface area contributed by atoms with Crippen molar-refractivity contribution >= 4 is 0 Å². The maximum atomic E-state index is 3.16. The Kier molecular flexibility index (Phi) is 9.29. The van der Waals surface area contributed by atoms with E-state index in [4.69, 9.17) is 0 Å². The lowest BCUT2D eigenvalue weighted by molar-refractivity contribution is 0.258. The molecule has 86 valence electrons. The first kappa shape index (κ1) is 13.8. The summed E-state index contributed by atoms with van der Waals surface area (Å²) >= 11 is 0. The highest BCUT2D eigenvalue weighted by Crippen LogP contribution is 1.85. The van der Waals surface area contributed by atoms with Gasteiger partial charge < -0.3 is 20.4 Å². The number of rotatable bonds is 9. The van der Waals surface area contributed by atoms with E-state index in [9.17, 15) is 0 Å². The average Bonchev–Trinajstić information content (AvgIpc) is 2.20. The molecule has 0 aromatic carbocycles. The molecule has 0 aromatic heterocycles. The molecule has 0 saturated heterocycles. The zero-order chi connectivity index (χ0) is 10.8. The second kappa shape index (κ2) is 9.40. The van der Waals surface area contributed by atoms with Gasteiger partial charge in [0.05, 0.1) is 0 Å². The van der Waals surface area contributed by atoms with Crippen LogP contribution in [0.2, 0.25) is 0 Å². The molecule has 2 N–H and O–H groups in total. The van der Waals surface area contributed by atoms with Crippen LogP contribution < -0.4 is 10.6 Å². The topological polar surface area (TPSA) is 30.5 Å². The van der Waals surface area contributed by atoms with Gasteiger partial charge in [-0.3, -0.25) is 0 Å². The van der Waals surface area contributed by atoms with Gasteiger partial charge in [-0.25, -0.2) is 0 Å². The van der Waals surface area contributed by atoms with Gasteiger partial charge in [0.1, 0.15) is 0 Å². The van der Waals surface area contributed by atoms with Crippen molar-refractivity contribution in [2.45, 2.75) is 0 Å². The standard InChI is InChI=1S/C10H26N4/c1-11-5-7-13(3)9-10-14(4)8-6-12-2/h11-12H,5-10H2,1-4H3. The van der Waals surface area contributed by atoms with Crippen LogP contribution in [0.25, 0.3) is 0 Å². The summed E-state index contributed by atoms with van der Waals surface area (Å²) in [5.74, 6) is 0. The molecule has 0 rings (SSSR count). The largest absolute Gasteiger partial charge is 0.318 e. The summed E-state index contributed by atoms with van der Waals surface area (Å²) in [5, 5.41) is 6.31. The molecule has 0 saturated carbocycles. The summed E-state index contributed by atoms with van der Waals surface area (Å²) in [7, 11) is 8.33. The van der Waals surface area contributed by atoms with E-state index in [1.54, 1.807) is 0 Å². The molecular formula is C10H26N4. The third-order valence-electron chi connectivity index (χ3n) is 2.35. The fourth-order valence-corrected chi connectivity index (χ4v) is 1.17. The van der Waals surface area contributed by atoms with Crippen LogP contribution in [0.5, 0.6) is 0 Å². The lowest BCUT2D eigenvalue weighted by Gasteiger charge is -2.21. The van der Waals surface area contributed by atoms with Gasteiger partial charge in [0.2, 0.25) is 0 Å². The molecule has 0 heterocycles. The maximum Gasteiger partial charge on any atom is 0.0107 e. The van der Waals surface area contributed by atoms with Crippen molar-refractivity contribution < 1.29 is 0 Å². The number of hydrogen-bond acceptors (Lipinski definition) is 4. The van der Waals surface area contributed by atoms with Gasteiger partial charge in [-0.2, -0.15) is 0 Å². The molecule has 0 aromatic rings. The minimum absolute atomic E-state index is 1.07. The van der Waals surface area contributed by atoms with Crippen molar-refractivity contribution in [3.05, 3.63) is 0 Å². The predicted octanol–water partition coefficient (Wildman–Crippen LogP) is -0.711. The molecule has 4 nitrogen and oxygen atoms in total. The molecular weight excluding hydrogens is 176 g/mol. The lowest BCUT2D eigenvalue weighted by Crippen LogP contribution is -2.36. The first-order chi connectivity index (χ1) is 6.70. The van der Waals surface area contributed by atoms with Crippen molar-refractivity contribution in [2.75, 3.05) is 67.5 Å². The van der Waals surface area contributed by atoms with E-state index in [2.05, 4.69) is 34.5 Å². The average molecular weight is 202 g/mol. The Morgan fingerprint density at radius 3 is 1.36 bits per heavy atom. The SMILES string of the molecule is CNCCN(C)CCN(C)CCNC. The van der Waals surface area contributed by atoms with E-state index in [1.807, 2.05) is 14.1 Å². The summed E-state index contributed by atoms with van der Waals surface area (Å²) in [6.07, 6.45) is 0. The van der Waals surface area contributed by atoms with E-state index in [0.29, 0.717) is 0 Å². The van der Waals surface area contributed by atoms with Crippen LogP contribution in [0.15, 0.2) is 0 Å². The van der Waals surface area contributed by atoms with Crippen molar-refractivity contribution in [3.8, 4) is 0 Å². The van der Waals surface area contributed by atoms with Crippen molar-refractivity contribution in [1.82, 2.24) is 20.4 Å². The zero-order valence-corrected chi connectivity index (χ0v) is 10.1. The third-order valence-corrected chi connectivity index (χ3v) is 2.35. The first-order valence-electron chi connectivity index (χ1n) is 5.37. The van der Waals surface area contributed by atoms with Gasteiger partial charge in [-0.15, -0.1) is 0 Å². The van der Waals surface area contributed by atoms with E-state index < -0.39 is 0 Å². The van der Waals surface area contributed by atoms with Gasteiger partial charge in [0.15, 0.2) is 0 Å². The summed E-state index contributed by atoms with van der Waals surface area (Å²) in [6, 6.07) is 0. The number of nitrogens with one attached hydrogen (secondary N) is 2. The Labute approximate surface area is 88.6 Å². The quantitative estimate of drug-likeness (QED) is 0.517. The molecule has 0 fully saturated rings. The summed E-state index contributed by atoms with van der Waals surface area (Å²) < 4.78 is 0. The molecule has 0 radical (unpaired) electrons. The number of nitrogens with zero attached hydrogens (tertiary/aromatic N) is 2. The van der Waals surface area contributed by atoms with Crippen LogP contribution in [-0.2, 0) is 0 Å². The van der Waals surface area contributed by atoms with Crippen LogP contribution in [-0.4, -0.2) is 77.3 Å². The van der Waals surface area contributed by atoms with Gasteiger partial charge >= 0.3 is 0 Å². The molecule has 4 heteroatoms. The van der Waals surface area contributed by atoms with Gasteiger partial charge in [-0.05, 0) is 28.2 Å². The Bertz CT molecular complexity index is 105. The Balaban J connectivity index is 3.31. The van der Waals surface area contributed by atoms with Gasteiger partial charge in [0.25, 0.3) is 0 Å². The van der Waals surface area contributed by atoms with Crippen LogP contribution in [0.3, 0.4) is 0 Å². The molecule has 0 bridgehead atoms. The second-order valence-corrected chi connectivity index (χ2v) is 3.81. The minimum atomic E-state index is 1.07. The normalized spacial score (nSPS) is 11.6. The minimum Gasteiger partial charge on any atom is -0.318 e. The van der Waals surface area contributed by atoms with Gasteiger partial charge in [0, 0.05) is 39.3 Å². The van der Waals surface area contributed by atoms with Crippen LogP contribution >= 0.6 is 0 Å². The second-order valence-electron chi connectivity index (χ2n) is 3.81. The van der Waals surface area contributed by atoms with Crippen LogP contribution in [0, 0.1) is 0 Å². The summed E-state index contributed by atoms with van der Waals surface area (Å²) in [4.78, 5) is 4.71. The van der Waals surface area contributed by atoms with Gasteiger partial charge in [-0.1, -0.05) is 0 Å². The number of hydrogen-bond donors (Lipinski definition) is 2. The lowest BCUT2D eigenvalue weighted by atomic mass is 10.4. The molecule has 14 heavy (non-hydrogen) atoms. The van der Waals surface area contributed by atoms with E-state index in [1.165, 1.54) is 0 Å². The Hall–Kier alpha value is -0.160. The summed E-state index contributed by atoms with van der Waals surface area (Å²) in [5.41, 5.74) is 0. The smallest absolute Gasteiger partial charge is 0.0107 e. The fourth-order valence-electron chi connectivity index (χ4n) is 1.17. The summed E-state index contributed by atoms with van der Waals surface area (Å²) in [6.45, 7) is 6.66. The molecule has 0 unspecified atom stereocenters. The van der Waals surface area contributed by atoms with Crippen molar-refractivity contribution in [2.24, 2.45) is 0 Å². The van der Waals surface area contributed by atoms with Crippen LogP contribution in [0.4, 0.5) is 0 Å². The monoisotopic (exact) mass is 202 g/mol. The highest BCUT2D eigenvalue weighted by molar-refractivity contribution is 4.58. The fraction of sp³-hybridized carbons (Fsp3) is 1.00. The van der Waals surface area contributed by atoms with E-state index >= 15 is 0 Å². The highest BCUT2D eigenvalue weighted by Gasteiger charge is 2.00. The van der Waals surface area contributed by atoms with Crippen molar-refractivity contribution in [3.63, 3.8) is 0 Å². The molecule has 0 amide bonds. The molecule has 0 aliphatic heterocycles. The van der Waals surface area contributed by atoms with Crippen molar-refractivity contribution in [1.29, 1.82) is 0 Å². The first-order valence-corrected chi connectivity index (χ1v) is 5.37. The predicted molar refractivity (Wildman–Crippen MR) is 62.8 cm³/mol. The van der Waals surface area contributed by atoms with Crippen LogP contribution in [0.1, 0.15) is 0 Å². The zero-order valence-electron chi connectivity index (χ0n) is 10.1. The Morgan fingerprint density at radius 1 is 0.714 bits per heavy atom. The highest BCUT2D eigenvalue weighted by atomic mass is 15.2. The molecule has 0 atom stereocenters. The van der Waals surface area contributed by atoms with E-state index in [-0.39, 0.29) is 0 Å².